The lowest BCUT2D eigenvalue weighted by Crippen LogP contribution is -2.46. The van der Waals surface area contributed by atoms with Gasteiger partial charge in [0.25, 0.3) is 0 Å². The van der Waals surface area contributed by atoms with E-state index in [0.29, 0.717) is 24.7 Å². The Morgan fingerprint density at radius 3 is 2.68 bits per heavy atom. The summed E-state index contributed by atoms with van der Waals surface area (Å²) >= 11 is 0. The third-order valence-electron chi connectivity index (χ3n) is 2.44. The van der Waals surface area contributed by atoms with E-state index >= 15 is 0 Å². The van der Waals surface area contributed by atoms with E-state index in [0.717, 1.165) is 5.56 Å². The van der Waals surface area contributed by atoms with Crippen molar-refractivity contribution in [1.82, 2.24) is 10.7 Å². The Morgan fingerprint density at radius 1 is 1.47 bits per heavy atom. The van der Waals surface area contributed by atoms with E-state index in [-0.39, 0.29) is 6.04 Å². The molecule has 102 valence electrons. The maximum Gasteiger partial charge on any atom is 0.206 e. The van der Waals surface area contributed by atoms with Crippen LogP contribution in [0.3, 0.4) is 0 Å². The van der Waals surface area contributed by atoms with Crippen LogP contribution in [0, 0.1) is 11.3 Å². The topological polar surface area (TPSA) is 95.5 Å². The molecule has 1 aromatic carbocycles. The van der Waals surface area contributed by atoms with Crippen LogP contribution in [0.1, 0.15) is 18.1 Å². The second-order valence-corrected chi connectivity index (χ2v) is 4.12. The molecule has 0 aliphatic heterocycles. The average Bonchev–Trinajstić information content (AvgIpc) is 2.44. The van der Waals surface area contributed by atoms with E-state index in [1.165, 1.54) is 0 Å². The molecule has 6 nitrogen and oxygen atoms in total. The van der Waals surface area contributed by atoms with Gasteiger partial charge in [0.1, 0.15) is 0 Å². The molecule has 0 spiro atoms. The first-order valence-electron chi connectivity index (χ1n) is 5.95. The first-order valence-corrected chi connectivity index (χ1v) is 5.95. The Morgan fingerprint density at radius 2 is 2.16 bits per heavy atom. The van der Waals surface area contributed by atoms with Crippen LogP contribution in [0.5, 0.6) is 0 Å². The van der Waals surface area contributed by atoms with Crippen LogP contribution in [0.25, 0.3) is 0 Å². The fourth-order valence-electron chi connectivity index (χ4n) is 1.51. The standard InChI is InChI=1S/C13H19N5O/c1-10(9-19-2)17-13(18-15)16-8-12-5-3-11(7-14)4-6-12/h3-6,10H,8-9,15H2,1-2H3,(H2,16,17,18). The van der Waals surface area contributed by atoms with Gasteiger partial charge in [-0.2, -0.15) is 5.26 Å². The molecular formula is C13H19N5O. The van der Waals surface area contributed by atoms with Crippen LogP contribution in [0.15, 0.2) is 29.3 Å². The van der Waals surface area contributed by atoms with Gasteiger partial charge in [-0.1, -0.05) is 12.1 Å². The number of hydrogen-bond acceptors (Lipinski definition) is 4. The van der Waals surface area contributed by atoms with Crippen molar-refractivity contribution in [2.75, 3.05) is 13.7 Å². The number of nitriles is 1. The minimum atomic E-state index is 0.112. The molecule has 1 unspecified atom stereocenters. The lowest BCUT2D eigenvalue weighted by molar-refractivity contribution is 0.179. The largest absolute Gasteiger partial charge is 0.383 e. The van der Waals surface area contributed by atoms with Crippen LogP contribution in [-0.4, -0.2) is 25.7 Å². The molecule has 1 aromatic rings. The van der Waals surface area contributed by atoms with Crippen molar-refractivity contribution in [1.29, 1.82) is 5.26 Å². The SMILES string of the molecule is COCC(C)NC(=NCc1ccc(C#N)cc1)NN. The zero-order valence-electron chi connectivity index (χ0n) is 11.2. The van der Waals surface area contributed by atoms with Crippen molar-refractivity contribution in [3.63, 3.8) is 0 Å². The molecule has 0 amide bonds. The van der Waals surface area contributed by atoms with Gasteiger partial charge < -0.3 is 10.1 Å². The second kappa shape index (κ2) is 8.08. The van der Waals surface area contributed by atoms with Crippen molar-refractivity contribution >= 4 is 5.96 Å². The first-order chi connectivity index (χ1) is 9.19. The molecule has 0 fully saturated rings. The van der Waals surface area contributed by atoms with Gasteiger partial charge in [-0.15, -0.1) is 0 Å². The molecule has 0 heterocycles. The summed E-state index contributed by atoms with van der Waals surface area (Å²) in [4.78, 5) is 4.32. The molecule has 0 aliphatic rings. The summed E-state index contributed by atoms with van der Waals surface area (Å²) in [6.45, 7) is 3.02. The number of nitrogens with one attached hydrogen (secondary N) is 2. The van der Waals surface area contributed by atoms with Crippen LogP contribution in [-0.2, 0) is 11.3 Å². The van der Waals surface area contributed by atoms with Crippen LogP contribution in [0.4, 0.5) is 0 Å². The molecular weight excluding hydrogens is 242 g/mol. The number of hydrogen-bond donors (Lipinski definition) is 3. The summed E-state index contributed by atoms with van der Waals surface area (Å²) in [7, 11) is 1.64. The number of guanidine groups is 1. The zero-order valence-corrected chi connectivity index (χ0v) is 11.2. The molecule has 0 saturated heterocycles. The molecule has 19 heavy (non-hydrogen) atoms. The third-order valence-corrected chi connectivity index (χ3v) is 2.44. The monoisotopic (exact) mass is 261 g/mol. The summed E-state index contributed by atoms with van der Waals surface area (Å²) in [5, 5.41) is 11.8. The smallest absolute Gasteiger partial charge is 0.206 e. The van der Waals surface area contributed by atoms with Gasteiger partial charge in [-0.3, -0.25) is 5.43 Å². The van der Waals surface area contributed by atoms with Crippen LogP contribution < -0.4 is 16.6 Å². The molecule has 0 aromatic heterocycles. The van der Waals surface area contributed by atoms with Gasteiger partial charge >= 0.3 is 0 Å². The summed E-state index contributed by atoms with van der Waals surface area (Å²) in [6.07, 6.45) is 0. The highest BCUT2D eigenvalue weighted by atomic mass is 16.5. The number of ether oxygens (including phenoxy) is 1. The van der Waals surface area contributed by atoms with Gasteiger partial charge in [0, 0.05) is 13.2 Å². The highest BCUT2D eigenvalue weighted by Gasteiger charge is 2.03. The number of nitrogens with two attached hydrogens (primary N) is 1. The maximum absolute atomic E-state index is 8.71. The first kappa shape index (κ1) is 15.0. The number of hydrazine groups is 1. The van der Waals surface area contributed by atoms with Crippen molar-refractivity contribution in [3.05, 3.63) is 35.4 Å². The Kier molecular flexibility index (Phi) is 6.36. The Labute approximate surface area is 113 Å². The predicted octanol–water partition coefficient (Wildman–Crippen LogP) is 0.502. The molecule has 4 N–H and O–H groups in total. The lowest BCUT2D eigenvalue weighted by atomic mass is 10.1. The van der Waals surface area contributed by atoms with Gasteiger partial charge in [-0.05, 0) is 24.6 Å². The molecule has 0 radical (unpaired) electrons. The molecule has 6 heteroatoms. The Balaban J connectivity index is 2.58. The molecule has 1 atom stereocenters. The summed E-state index contributed by atoms with van der Waals surface area (Å²) in [5.41, 5.74) is 4.16. The summed E-state index contributed by atoms with van der Waals surface area (Å²) in [6, 6.07) is 9.46. The van der Waals surface area contributed by atoms with E-state index in [1.54, 1.807) is 19.2 Å². The van der Waals surface area contributed by atoms with Crippen LogP contribution in [0.2, 0.25) is 0 Å². The van der Waals surface area contributed by atoms with E-state index < -0.39 is 0 Å². The molecule has 0 bridgehead atoms. The summed E-state index contributed by atoms with van der Waals surface area (Å²) < 4.78 is 5.02. The van der Waals surface area contributed by atoms with Crippen molar-refractivity contribution in [2.45, 2.75) is 19.5 Å². The minimum Gasteiger partial charge on any atom is -0.383 e. The molecule has 0 aliphatic carbocycles. The molecule has 1 rings (SSSR count). The number of aliphatic imine (C=N–C) groups is 1. The number of rotatable bonds is 5. The van der Waals surface area contributed by atoms with Crippen molar-refractivity contribution in [2.24, 2.45) is 10.8 Å². The third kappa shape index (κ3) is 5.38. The van der Waals surface area contributed by atoms with Gasteiger partial charge in [-0.25, -0.2) is 10.8 Å². The normalized spacial score (nSPS) is 12.6. The average molecular weight is 261 g/mol. The maximum atomic E-state index is 8.71. The predicted molar refractivity (Wildman–Crippen MR) is 74.1 cm³/mol. The number of methoxy groups -OCH3 is 1. The van der Waals surface area contributed by atoms with Gasteiger partial charge in [0.2, 0.25) is 5.96 Å². The van der Waals surface area contributed by atoms with Gasteiger partial charge in [0.05, 0.1) is 24.8 Å². The fraction of sp³-hybridized carbons (Fsp3) is 0.385. The van der Waals surface area contributed by atoms with E-state index in [4.69, 9.17) is 15.8 Å². The summed E-state index contributed by atoms with van der Waals surface area (Å²) in [5.74, 6) is 5.91. The van der Waals surface area contributed by atoms with E-state index in [9.17, 15) is 0 Å². The van der Waals surface area contributed by atoms with Crippen molar-refractivity contribution in [3.8, 4) is 6.07 Å². The lowest BCUT2D eigenvalue weighted by Gasteiger charge is -2.15. The number of nitrogens with zero attached hydrogens (tertiary/aromatic N) is 2. The fourth-order valence-corrected chi connectivity index (χ4v) is 1.51. The minimum absolute atomic E-state index is 0.112. The Bertz CT molecular complexity index is 449. The molecule has 0 saturated carbocycles. The van der Waals surface area contributed by atoms with Gasteiger partial charge in [0.15, 0.2) is 0 Å². The van der Waals surface area contributed by atoms with Crippen LogP contribution >= 0.6 is 0 Å². The number of benzene rings is 1. The second-order valence-electron chi connectivity index (χ2n) is 4.12. The Hall–Kier alpha value is -2.10. The van der Waals surface area contributed by atoms with Crippen molar-refractivity contribution < 1.29 is 4.74 Å². The zero-order chi connectivity index (χ0) is 14.1. The highest BCUT2D eigenvalue weighted by molar-refractivity contribution is 5.79. The van der Waals surface area contributed by atoms with E-state index in [2.05, 4.69) is 21.8 Å². The quantitative estimate of drug-likeness (QED) is 0.310. The van der Waals surface area contributed by atoms with E-state index in [1.807, 2.05) is 19.1 Å². The highest BCUT2D eigenvalue weighted by Crippen LogP contribution is 2.04.